The van der Waals surface area contributed by atoms with Crippen molar-refractivity contribution in [3.8, 4) is 11.5 Å². The lowest BCUT2D eigenvalue weighted by Crippen LogP contribution is -2.14. The molecule has 2 rings (SSSR count). The first-order chi connectivity index (χ1) is 10.1. The van der Waals surface area contributed by atoms with Crippen LogP contribution in [0.25, 0.3) is 0 Å². The average Bonchev–Trinajstić information content (AvgIpc) is 2.53. The molecular weight excluding hydrogens is 381 g/mol. The lowest BCUT2D eigenvalue weighted by Gasteiger charge is -2.10. The minimum Gasteiger partial charge on any atom is -0.493 e. The Kier molecular flexibility index (Phi) is 5.44. The molecular formula is C16H16INO3. The summed E-state index contributed by atoms with van der Waals surface area (Å²) in [6.45, 7) is 0.232. The van der Waals surface area contributed by atoms with Crippen molar-refractivity contribution in [2.75, 3.05) is 26.1 Å². The van der Waals surface area contributed by atoms with E-state index in [0.29, 0.717) is 17.1 Å². The first kappa shape index (κ1) is 15.6. The Morgan fingerprint density at radius 2 is 1.71 bits per heavy atom. The molecule has 0 aliphatic carbocycles. The summed E-state index contributed by atoms with van der Waals surface area (Å²) in [5, 5.41) is 3.11. The Balaban J connectivity index is 2.04. The Bertz CT molecular complexity index is 626. The van der Waals surface area contributed by atoms with E-state index < -0.39 is 0 Å². The second-order valence-corrected chi connectivity index (χ2v) is 5.60. The summed E-state index contributed by atoms with van der Waals surface area (Å²) in [5.74, 6) is 1.16. The van der Waals surface area contributed by atoms with Crippen LogP contribution in [0.15, 0.2) is 42.5 Å². The Hall–Kier alpha value is -1.76. The summed E-state index contributed by atoms with van der Waals surface area (Å²) in [7, 11) is 3.12. The van der Waals surface area contributed by atoms with E-state index in [1.165, 1.54) is 0 Å². The number of ether oxygens (including phenoxy) is 2. The highest BCUT2D eigenvalue weighted by atomic mass is 127. The van der Waals surface area contributed by atoms with Gasteiger partial charge in [0.15, 0.2) is 17.3 Å². The molecule has 0 unspecified atom stereocenters. The molecule has 21 heavy (non-hydrogen) atoms. The van der Waals surface area contributed by atoms with Gasteiger partial charge in [0, 0.05) is 14.8 Å². The van der Waals surface area contributed by atoms with Gasteiger partial charge in [0.25, 0.3) is 0 Å². The predicted molar refractivity (Wildman–Crippen MR) is 91.5 cm³/mol. The molecule has 4 nitrogen and oxygen atoms in total. The van der Waals surface area contributed by atoms with E-state index in [1.54, 1.807) is 32.4 Å². The zero-order valence-electron chi connectivity index (χ0n) is 11.9. The van der Waals surface area contributed by atoms with Gasteiger partial charge in [-0.2, -0.15) is 0 Å². The fourth-order valence-corrected chi connectivity index (χ4v) is 2.22. The van der Waals surface area contributed by atoms with Crippen molar-refractivity contribution in [3.05, 3.63) is 51.6 Å². The zero-order valence-corrected chi connectivity index (χ0v) is 14.0. The molecule has 5 heteroatoms. The summed E-state index contributed by atoms with van der Waals surface area (Å²) in [6, 6.07) is 13.0. The summed E-state index contributed by atoms with van der Waals surface area (Å²) < 4.78 is 11.5. The maximum atomic E-state index is 12.2. The molecule has 0 radical (unpaired) electrons. The molecule has 0 aliphatic heterocycles. The first-order valence-corrected chi connectivity index (χ1v) is 7.46. The van der Waals surface area contributed by atoms with Crippen LogP contribution in [-0.4, -0.2) is 26.5 Å². The van der Waals surface area contributed by atoms with Crippen molar-refractivity contribution in [1.29, 1.82) is 0 Å². The number of ketones is 1. The quantitative estimate of drug-likeness (QED) is 0.598. The number of Topliss-reactive ketones (excluding diaryl/α,β-unsaturated/α-hetero) is 1. The van der Waals surface area contributed by atoms with Gasteiger partial charge in [-0.15, -0.1) is 0 Å². The molecule has 110 valence electrons. The molecule has 0 saturated carbocycles. The highest BCUT2D eigenvalue weighted by Gasteiger charge is 2.10. The highest BCUT2D eigenvalue weighted by Crippen LogP contribution is 2.27. The van der Waals surface area contributed by atoms with Crippen LogP contribution in [0.3, 0.4) is 0 Å². The van der Waals surface area contributed by atoms with E-state index in [9.17, 15) is 4.79 Å². The van der Waals surface area contributed by atoms with E-state index >= 15 is 0 Å². The fourth-order valence-electron chi connectivity index (χ4n) is 1.86. The maximum Gasteiger partial charge on any atom is 0.181 e. The predicted octanol–water partition coefficient (Wildman–Crippen LogP) is 3.60. The molecule has 2 aromatic rings. The lowest BCUT2D eigenvalue weighted by atomic mass is 10.1. The summed E-state index contributed by atoms with van der Waals surface area (Å²) in [6.07, 6.45) is 0. The van der Waals surface area contributed by atoms with Gasteiger partial charge in [0.2, 0.25) is 0 Å². The number of hydrogen-bond acceptors (Lipinski definition) is 4. The van der Waals surface area contributed by atoms with E-state index in [1.807, 2.05) is 24.3 Å². The third kappa shape index (κ3) is 4.10. The number of halogens is 1. The number of nitrogens with one attached hydrogen (secondary N) is 1. The van der Waals surface area contributed by atoms with Gasteiger partial charge in [0.05, 0.1) is 20.8 Å². The largest absolute Gasteiger partial charge is 0.493 e. The highest BCUT2D eigenvalue weighted by molar-refractivity contribution is 14.1. The Morgan fingerprint density at radius 1 is 1.05 bits per heavy atom. The SMILES string of the molecule is COc1ccc(C(=O)CNc2ccc(I)cc2)cc1OC. The number of anilines is 1. The molecule has 0 spiro atoms. The molecule has 0 amide bonds. The molecule has 0 aromatic heterocycles. The van der Waals surface area contributed by atoms with Gasteiger partial charge in [-0.05, 0) is 65.1 Å². The van der Waals surface area contributed by atoms with E-state index in [0.717, 1.165) is 9.26 Å². The van der Waals surface area contributed by atoms with Crippen LogP contribution in [0.1, 0.15) is 10.4 Å². The standard InChI is InChI=1S/C16H16INO3/c1-20-15-8-3-11(9-16(15)21-2)14(19)10-18-13-6-4-12(17)5-7-13/h3-9,18H,10H2,1-2H3. The molecule has 0 bridgehead atoms. The van der Waals surface area contributed by atoms with Crippen LogP contribution in [0.2, 0.25) is 0 Å². The maximum absolute atomic E-state index is 12.2. The number of carbonyl (C=O) groups is 1. The van der Waals surface area contributed by atoms with Gasteiger partial charge >= 0.3 is 0 Å². The van der Waals surface area contributed by atoms with Gasteiger partial charge in [-0.25, -0.2) is 0 Å². The summed E-state index contributed by atoms with van der Waals surface area (Å²) in [5.41, 5.74) is 1.51. The van der Waals surface area contributed by atoms with Gasteiger partial charge in [-0.1, -0.05) is 0 Å². The molecule has 0 saturated heterocycles. The van der Waals surface area contributed by atoms with Crippen LogP contribution >= 0.6 is 22.6 Å². The molecule has 0 fully saturated rings. The number of carbonyl (C=O) groups excluding carboxylic acids is 1. The topological polar surface area (TPSA) is 47.6 Å². The van der Waals surface area contributed by atoms with Crippen molar-refractivity contribution in [3.63, 3.8) is 0 Å². The van der Waals surface area contributed by atoms with Crippen LogP contribution in [-0.2, 0) is 0 Å². The molecule has 0 aliphatic rings. The first-order valence-electron chi connectivity index (χ1n) is 6.38. The lowest BCUT2D eigenvalue weighted by molar-refractivity contribution is 0.101. The van der Waals surface area contributed by atoms with Crippen LogP contribution in [0.4, 0.5) is 5.69 Å². The summed E-state index contributed by atoms with van der Waals surface area (Å²) in [4.78, 5) is 12.2. The number of rotatable bonds is 6. The normalized spacial score (nSPS) is 10.0. The second kappa shape index (κ2) is 7.31. The average molecular weight is 397 g/mol. The fraction of sp³-hybridized carbons (Fsp3) is 0.188. The summed E-state index contributed by atoms with van der Waals surface area (Å²) >= 11 is 2.24. The van der Waals surface area contributed by atoms with Crippen molar-refractivity contribution in [2.45, 2.75) is 0 Å². The number of methoxy groups -OCH3 is 2. The Labute approximate surface area is 137 Å². The van der Waals surface area contributed by atoms with E-state index in [2.05, 4.69) is 27.9 Å². The van der Waals surface area contributed by atoms with Crippen molar-refractivity contribution >= 4 is 34.1 Å². The minimum absolute atomic E-state index is 0.00509. The number of benzene rings is 2. The molecule has 2 aromatic carbocycles. The van der Waals surface area contributed by atoms with Crippen LogP contribution in [0, 0.1) is 3.57 Å². The van der Waals surface area contributed by atoms with Crippen molar-refractivity contribution in [2.24, 2.45) is 0 Å². The van der Waals surface area contributed by atoms with Crippen LogP contribution < -0.4 is 14.8 Å². The monoisotopic (exact) mass is 397 g/mol. The van der Waals surface area contributed by atoms with Crippen molar-refractivity contribution < 1.29 is 14.3 Å². The third-order valence-electron chi connectivity index (χ3n) is 3.00. The molecule has 1 N–H and O–H groups in total. The number of hydrogen-bond donors (Lipinski definition) is 1. The van der Waals surface area contributed by atoms with Gasteiger partial charge in [-0.3, -0.25) is 4.79 Å². The smallest absolute Gasteiger partial charge is 0.181 e. The minimum atomic E-state index is -0.00509. The zero-order chi connectivity index (χ0) is 15.2. The van der Waals surface area contributed by atoms with Crippen molar-refractivity contribution in [1.82, 2.24) is 0 Å². The third-order valence-corrected chi connectivity index (χ3v) is 3.72. The van der Waals surface area contributed by atoms with E-state index in [4.69, 9.17) is 9.47 Å². The molecule has 0 heterocycles. The van der Waals surface area contributed by atoms with Gasteiger partial charge < -0.3 is 14.8 Å². The van der Waals surface area contributed by atoms with Gasteiger partial charge in [0.1, 0.15) is 0 Å². The van der Waals surface area contributed by atoms with E-state index in [-0.39, 0.29) is 12.3 Å². The Morgan fingerprint density at radius 3 is 2.33 bits per heavy atom. The second-order valence-electron chi connectivity index (χ2n) is 4.35. The van der Waals surface area contributed by atoms with Crippen LogP contribution in [0.5, 0.6) is 11.5 Å². The molecule has 0 atom stereocenters.